The summed E-state index contributed by atoms with van der Waals surface area (Å²) in [6.45, 7) is 2.99. The van der Waals surface area contributed by atoms with E-state index in [1.807, 2.05) is 43.5 Å². The van der Waals surface area contributed by atoms with Crippen molar-refractivity contribution in [1.82, 2.24) is 20.3 Å². The Hall–Kier alpha value is -2.93. The number of benzene rings is 1. The zero-order chi connectivity index (χ0) is 17.9. The Kier molecular flexibility index (Phi) is 4.53. The molecule has 1 amide bonds. The van der Waals surface area contributed by atoms with Gasteiger partial charge in [0.05, 0.1) is 30.6 Å². The van der Waals surface area contributed by atoms with Crippen molar-refractivity contribution < 1.29 is 14.1 Å². The van der Waals surface area contributed by atoms with E-state index in [9.17, 15) is 4.79 Å². The number of aryl methyl sites for hydroxylation is 1. The molecular weight excluding hydrogens is 332 g/mol. The molecule has 0 unspecified atom stereocenters. The Labute approximate surface area is 150 Å². The molecule has 0 bridgehead atoms. The third-order valence-corrected chi connectivity index (χ3v) is 4.53. The lowest BCUT2D eigenvalue weighted by Gasteiger charge is -2.18. The molecule has 7 nitrogen and oxygen atoms in total. The van der Waals surface area contributed by atoms with Gasteiger partial charge in [0.2, 0.25) is 0 Å². The summed E-state index contributed by atoms with van der Waals surface area (Å²) in [6, 6.07) is 11.1. The molecule has 0 aliphatic carbocycles. The maximum absolute atomic E-state index is 12.7. The summed E-state index contributed by atoms with van der Waals surface area (Å²) < 4.78 is 12.6. The van der Waals surface area contributed by atoms with Gasteiger partial charge >= 0.3 is 0 Å². The fourth-order valence-corrected chi connectivity index (χ4v) is 3.19. The van der Waals surface area contributed by atoms with Gasteiger partial charge < -0.3 is 14.6 Å². The molecule has 0 radical (unpaired) electrons. The predicted octanol–water partition coefficient (Wildman–Crippen LogP) is 2.16. The first-order chi connectivity index (χ1) is 12.7. The largest absolute Gasteiger partial charge is 0.379 e. The summed E-state index contributed by atoms with van der Waals surface area (Å²) in [5.41, 5.74) is 2.30. The highest BCUT2D eigenvalue weighted by Crippen LogP contribution is 2.20. The van der Waals surface area contributed by atoms with Crippen LogP contribution in [0.5, 0.6) is 0 Å². The van der Waals surface area contributed by atoms with Crippen molar-refractivity contribution in [2.24, 2.45) is 5.92 Å². The smallest absolute Gasteiger partial charge is 0.251 e. The molecule has 26 heavy (non-hydrogen) atoms. The van der Waals surface area contributed by atoms with Gasteiger partial charge in [-0.05, 0) is 31.2 Å². The second-order valence-corrected chi connectivity index (χ2v) is 6.52. The number of amides is 1. The topological polar surface area (TPSA) is 82.2 Å². The summed E-state index contributed by atoms with van der Waals surface area (Å²) >= 11 is 0. The molecule has 1 fully saturated rings. The van der Waals surface area contributed by atoms with Crippen LogP contribution in [0.3, 0.4) is 0 Å². The van der Waals surface area contributed by atoms with Crippen LogP contribution in [-0.4, -0.2) is 40.1 Å². The second-order valence-electron chi connectivity index (χ2n) is 6.52. The minimum Gasteiger partial charge on any atom is -0.379 e. The van der Waals surface area contributed by atoms with E-state index in [-0.39, 0.29) is 17.9 Å². The molecule has 7 heteroatoms. The summed E-state index contributed by atoms with van der Waals surface area (Å²) in [5, 5.41) is 11.2. The monoisotopic (exact) mass is 352 g/mol. The van der Waals surface area contributed by atoms with Crippen molar-refractivity contribution in [3.63, 3.8) is 0 Å². The lowest BCUT2D eigenvalue weighted by molar-refractivity contribution is 0.0924. The molecule has 2 aromatic heterocycles. The zero-order valence-electron chi connectivity index (χ0n) is 14.5. The van der Waals surface area contributed by atoms with Crippen LogP contribution in [-0.2, 0) is 11.2 Å². The Bertz CT molecular complexity index is 888. The molecule has 1 aliphatic heterocycles. The number of ether oxygens (including phenoxy) is 1. The molecule has 4 rings (SSSR count). The highest BCUT2D eigenvalue weighted by Gasteiger charge is 2.31. The third-order valence-electron chi connectivity index (χ3n) is 4.53. The van der Waals surface area contributed by atoms with E-state index in [4.69, 9.17) is 9.26 Å². The van der Waals surface area contributed by atoms with Crippen LogP contribution in [0.15, 0.2) is 53.3 Å². The Morgan fingerprint density at radius 2 is 2.23 bits per heavy atom. The number of nitrogens with one attached hydrogen (secondary N) is 1. The minimum atomic E-state index is -0.117. The van der Waals surface area contributed by atoms with Gasteiger partial charge in [0.1, 0.15) is 5.76 Å². The summed E-state index contributed by atoms with van der Waals surface area (Å²) in [7, 11) is 0. The van der Waals surface area contributed by atoms with Gasteiger partial charge in [0.25, 0.3) is 5.91 Å². The molecule has 0 spiro atoms. The average molecular weight is 352 g/mol. The minimum absolute atomic E-state index is 0.0544. The fraction of sp³-hybridized carbons (Fsp3) is 0.316. The molecule has 3 aromatic rings. The number of carbonyl (C=O) groups excluding carboxylic acids is 1. The van der Waals surface area contributed by atoms with Crippen LogP contribution in [0.1, 0.15) is 21.8 Å². The Balaban J connectivity index is 1.44. The number of carbonyl (C=O) groups is 1. The SMILES string of the molecule is Cc1cc(C[C@@H]2COC[C@@H]2NC(=O)c2cccc(-n3cccn3)c2)on1. The number of rotatable bonds is 5. The number of hydrogen-bond donors (Lipinski definition) is 1. The van der Waals surface area contributed by atoms with Crippen LogP contribution in [0, 0.1) is 12.8 Å². The first-order valence-corrected chi connectivity index (χ1v) is 8.60. The highest BCUT2D eigenvalue weighted by molar-refractivity contribution is 5.95. The molecule has 1 aliphatic rings. The average Bonchev–Trinajstić information content (AvgIpc) is 3.39. The van der Waals surface area contributed by atoms with E-state index in [0.717, 1.165) is 17.1 Å². The number of hydrogen-bond acceptors (Lipinski definition) is 5. The summed E-state index contributed by atoms with van der Waals surface area (Å²) in [6.07, 6.45) is 4.24. The van der Waals surface area contributed by atoms with E-state index in [1.54, 1.807) is 16.9 Å². The van der Waals surface area contributed by atoms with Gasteiger partial charge in [-0.25, -0.2) is 4.68 Å². The predicted molar refractivity (Wildman–Crippen MR) is 94.1 cm³/mol. The molecule has 1 saturated heterocycles. The molecule has 2 atom stereocenters. The Morgan fingerprint density at radius 1 is 1.31 bits per heavy atom. The maximum atomic E-state index is 12.7. The van der Waals surface area contributed by atoms with Gasteiger partial charge in [-0.3, -0.25) is 4.79 Å². The molecule has 0 saturated carbocycles. The summed E-state index contributed by atoms with van der Waals surface area (Å²) in [5.74, 6) is 0.867. The van der Waals surface area contributed by atoms with E-state index >= 15 is 0 Å². The van der Waals surface area contributed by atoms with Crippen molar-refractivity contribution in [3.8, 4) is 5.69 Å². The lowest BCUT2D eigenvalue weighted by Crippen LogP contribution is -2.40. The second kappa shape index (κ2) is 7.13. The van der Waals surface area contributed by atoms with Crippen LogP contribution in [0.2, 0.25) is 0 Å². The van der Waals surface area contributed by atoms with Crippen LogP contribution >= 0.6 is 0 Å². The molecule has 3 heterocycles. The van der Waals surface area contributed by atoms with E-state index < -0.39 is 0 Å². The van der Waals surface area contributed by atoms with Gasteiger partial charge in [-0.1, -0.05) is 11.2 Å². The standard InChI is InChI=1S/C19H20N4O3/c1-13-8-17(26-22-13)10-15-11-25-12-18(15)21-19(24)14-4-2-5-16(9-14)23-7-3-6-20-23/h2-9,15,18H,10-12H2,1H3,(H,21,24)/t15-,18+/m1/s1. The first kappa shape index (κ1) is 16.5. The van der Waals surface area contributed by atoms with Gasteiger partial charge in [0.15, 0.2) is 0 Å². The molecule has 134 valence electrons. The molecule has 1 N–H and O–H groups in total. The third kappa shape index (κ3) is 3.52. The van der Waals surface area contributed by atoms with Crippen molar-refractivity contribution >= 4 is 5.91 Å². The molecule has 1 aromatic carbocycles. The van der Waals surface area contributed by atoms with E-state index in [1.165, 1.54) is 0 Å². The van der Waals surface area contributed by atoms with Crippen LogP contribution in [0.25, 0.3) is 5.69 Å². The van der Waals surface area contributed by atoms with Crippen LogP contribution < -0.4 is 5.32 Å². The number of nitrogens with zero attached hydrogens (tertiary/aromatic N) is 3. The van der Waals surface area contributed by atoms with Crippen molar-refractivity contribution in [2.75, 3.05) is 13.2 Å². The molecular formula is C19H20N4O3. The van der Waals surface area contributed by atoms with E-state index in [0.29, 0.717) is 25.2 Å². The van der Waals surface area contributed by atoms with E-state index in [2.05, 4.69) is 15.6 Å². The van der Waals surface area contributed by atoms with Gasteiger partial charge in [-0.2, -0.15) is 5.10 Å². The quantitative estimate of drug-likeness (QED) is 0.761. The Morgan fingerprint density at radius 3 is 3.00 bits per heavy atom. The fourth-order valence-electron chi connectivity index (χ4n) is 3.19. The van der Waals surface area contributed by atoms with Crippen molar-refractivity contribution in [3.05, 3.63) is 65.8 Å². The van der Waals surface area contributed by atoms with Gasteiger partial charge in [-0.15, -0.1) is 0 Å². The zero-order valence-corrected chi connectivity index (χ0v) is 14.5. The number of aromatic nitrogens is 3. The summed E-state index contributed by atoms with van der Waals surface area (Å²) in [4.78, 5) is 12.7. The lowest BCUT2D eigenvalue weighted by atomic mass is 9.98. The highest BCUT2D eigenvalue weighted by atomic mass is 16.5. The first-order valence-electron chi connectivity index (χ1n) is 8.60. The van der Waals surface area contributed by atoms with Crippen molar-refractivity contribution in [2.45, 2.75) is 19.4 Å². The van der Waals surface area contributed by atoms with Gasteiger partial charge in [0, 0.05) is 36.4 Å². The maximum Gasteiger partial charge on any atom is 0.251 e. The normalized spacial score (nSPS) is 19.6. The van der Waals surface area contributed by atoms with Crippen LogP contribution in [0.4, 0.5) is 0 Å². The van der Waals surface area contributed by atoms with Crippen molar-refractivity contribution in [1.29, 1.82) is 0 Å².